The molecule has 1 N–H and O–H groups in total. The molecule has 0 atom stereocenters. The highest BCUT2D eigenvalue weighted by Crippen LogP contribution is 2.09. The molecule has 0 aromatic rings. The van der Waals surface area contributed by atoms with E-state index in [1.807, 2.05) is 6.92 Å². The minimum Gasteiger partial charge on any atom is -0.371 e. The maximum atomic E-state index is 5.52. The molecular weight excluding hydrogens is 186 g/mol. The van der Waals surface area contributed by atoms with Crippen LogP contribution in [0.15, 0.2) is 11.6 Å². The first-order valence-electron chi connectivity index (χ1n) is 2.90. The van der Waals surface area contributed by atoms with Gasteiger partial charge >= 0.3 is 0 Å². The molecule has 1 nitrogen and oxygen atoms in total. The molecule has 0 aliphatic carbocycles. The van der Waals surface area contributed by atoms with E-state index in [9.17, 15) is 0 Å². The first kappa shape index (κ1) is 10.3. The second-order valence-corrected chi connectivity index (χ2v) is 3.81. The van der Waals surface area contributed by atoms with Crippen LogP contribution in [-0.2, 0) is 0 Å². The first-order valence-corrected chi connectivity index (χ1v) is 4.68. The van der Waals surface area contributed by atoms with Gasteiger partial charge in [0.1, 0.15) is 4.32 Å². The minimum absolute atomic E-state index is 0.630. The van der Waals surface area contributed by atoms with Gasteiger partial charge in [0.15, 0.2) is 0 Å². The van der Waals surface area contributed by atoms with Crippen molar-refractivity contribution in [3.8, 4) is 0 Å². The van der Waals surface area contributed by atoms with Crippen molar-refractivity contribution < 1.29 is 0 Å². The van der Waals surface area contributed by atoms with Crippen molar-refractivity contribution in [3.63, 3.8) is 0 Å². The zero-order valence-electron chi connectivity index (χ0n) is 5.82. The van der Waals surface area contributed by atoms with E-state index in [1.165, 1.54) is 11.8 Å². The molecule has 4 heteroatoms. The smallest absolute Gasteiger partial charge is 0.134 e. The molecule has 0 amide bonds. The Morgan fingerprint density at radius 3 is 2.80 bits per heavy atom. The maximum Gasteiger partial charge on any atom is 0.134 e. The van der Waals surface area contributed by atoms with Crippen LogP contribution < -0.4 is 5.32 Å². The summed E-state index contributed by atoms with van der Waals surface area (Å²) in [4.78, 5) is 0. The zero-order chi connectivity index (χ0) is 7.98. The predicted octanol–water partition coefficient (Wildman–Crippen LogP) is 2.37. The van der Waals surface area contributed by atoms with Crippen LogP contribution in [0.5, 0.6) is 0 Å². The molecule has 0 radical (unpaired) electrons. The van der Waals surface area contributed by atoms with Crippen LogP contribution in [0.2, 0.25) is 0 Å². The fourth-order valence-electron chi connectivity index (χ4n) is 0.339. The summed E-state index contributed by atoms with van der Waals surface area (Å²) in [6.45, 7) is 6.41. The van der Waals surface area contributed by atoms with Gasteiger partial charge in [-0.1, -0.05) is 42.2 Å². The van der Waals surface area contributed by atoms with Gasteiger partial charge in [0.25, 0.3) is 0 Å². The van der Waals surface area contributed by atoms with E-state index < -0.39 is 0 Å². The number of hydrogen-bond acceptors (Lipinski definition) is 2. The summed E-state index contributed by atoms with van der Waals surface area (Å²) in [7, 11) is 0. The van der Waals surface area contributed by atoms with Crippen LogP contribution in [0, 0.1) is 0 Å². The summed E-state index contributed by atoms with van der Waals surface area (Å²) < 4.78 is 0.782. The fourth-order valence-corrected chi connectivity index (χ4v) is 1.36. The highest BCUT2D eigenvalue weighted by atomic mass is 35.5. The molecule has 0 saturated heterocycles. The largest absolute Gasteiger partial charge is 0.371 e. The topological polar surface area (TPSA) is 12.0 Å². The van der Waals surface area contributed by atoms with Gasteiger partial charge in [-0.3, -0.25) is 0 Å². The minimum atomic E-state index is 0.630. The van der Waals surface area contributed by atoms with E-state index >= 15 is 0 Å². The molecule has 0 rings (SSSR count). The average molecular weight is 196 g/mol. The molecule has 0 aromatic carbocycles. The molecule has 0 aromatic heterocycles. The Morgan fingerprint density at radius 2 is 2.40 bits per heavy atom. The summed E-state index contributed by atoms with van der Waals surface area (Å²) in [5.74, 6) is 0.688. The van der Waals surface area contributed by atoms with Crippen molar-refractivity contribution in [1.29, 1.82) is 0 Å². The van der Waals surface area contributed by atoms with Crippen LogP contribution >= 0.6 is 35.6 Å². The van der Waals surface area contributed by atoms with Gasteiger partial charge in [0.2, 0.25) is 0 Å². The Kier molecular flexibility index (Phi) is 6.17. The van der Waals surface area contributed by atoms with Crippen LogP contribution in [-0.4, -0.2) is 16.6 Å². The van der Waals surface area contributed by atoms with Crippen molar-refractivity contribution >= 4 is 39.9 Å². The molecule has 0 fully saturated rings. The van der Waals surface area contributed by atoms with Gasteiger partial charge < -0.3 is 5.32 Å². The number of thioether (sulfide) groups is 1. The Balaban J connectivity index is 3.30. The lowest BCUT2D eigenvalue weighted by atomic mass is 10.7. The van der Waals surface area contributed by atoms with Crippen LogP contribution in [0.25, 0.3) is 0 Å². The summed E-state index contributed by atoms with van der Waals surface area (Å²) in [6, 6.07) is 0. The number of rotatable bonds is 3. The highest BCUT2D eigenvalue weighted by Gasteiger charge is 1.94. The van der Waals surface area contributed by atoms with Gasteiger partial charge in [0, 0.05) is 17.3 Å². The van der Waals surface area contributed by atoms with Crippen LogP contribution in [0.3, 0.4) is 0 Å². The van der Waals surface area contributed by atoms with E-state index in [-0.39, 0.29) is 0 Å². The third-order valence-electron chi connectivity index (χ3n) is 0.681. The monoisotopic (exact) mass is 195 g/mol. The van der Waals surface area contributed by atoms with Crippen molar-refractivity contribution in [2.45, 2.75) is 6.92 Å². The molecular formula is C6H10ClNS2. The number of nitrogens with one attached hydrogen (secondary N) is 1. The second kappa shape index (κ2) is 6.01. The highest BCUT2D eigenvalue weighted by molar-refractivity contribution is 8.23. The normalized spacial score (nSPS) is 9.00. The third kappa shape index (κ3) is 6.39. The van der Waals surface area contributed by atoms with E-state index in [1.54, 1.807) is 0 Å². The average Bonchev–Trinajstić information content (AvgIpc) is 1.85. The van der Waals surface area contributed by atoms with E-state index in [0.29, 0.717) is 10.8 Å². The Morgan fingerprint density at radius 1 is 1.80 bits per heavy atom. The molecule has 0 heterocycles. The molecule has 0 aliphatic rings. The molecule has 58 valence electrons. The molecule has 0 saturated carbocycles. The van der Waals surface area contributed by atoms with Crippen LogP contribution in [0.4, 0.5) is 0 Å². The van der Waals surface area contributed by atoms with Gasteiger partial charge in [0.05, 0.1) is 0 Å². The number of hydrogen-bond donors (Lipinski definition) is 1. The zero-order valence-corrected chi connectivity index (χ0v) is 8.20. The Hall–Kier alpha value is 0.270. The molecule has 0 aliphatic heterocycles. The maximum absolute atomic E-state index is 5.52. The number of halogens is 1. The molecule has 10 heavy (non-hydrogen) atoms. The summed E-state index contributed by atoms with van der Waals surface area (Å²) >= 11 is 11.9. The standard InChI is InChI=1S/C6H10ClNS2/c1-3-8-6(9)10-4-5(2)7/h2-4H2,1H3,(H,8,9). The quantitative estimate of drug-likeness (QED) is 0.695. The van der Waals surface area contributed by atoms with E-state index in [4.69, 9.17) is 23.8 Å². The molecule has 0 unspecified atom stereocenters. The molecule has 0 spiro atoms. The van der Waals surface area contributed by atoms with Gasteiger partial charge in [-0.2, -0.15) is 0 Å². The van der Waals surface area contributed by atoms with Gasteiger partial charge in [-0.15, -0.1) is 0 Å². The lowest BCUT2D eigenvalue weighted by Crippen LogP contribution is -2.17. The fraction of sp³-hybridized carbons (Fsp3) is 0.500. The Labute approximate surface area is 76.2 Å². The SMILES string of the molecule is C=C(Cl)CSC(=S)NCC. The van der Waals surface area contributed by atoms with E-state index in [2.05, 4.69) is 11.9 Å². The second-order valence-electron chi connectivity index (χ2n) is 1.62. The molecule has 0 bridgehead atoms. The summed E-state index contributed by atoms with van der Waals surface area (Å²) in [5, 5.41) is 3.63. The van der Waals surface area contributed by atoms with Crippen molar-refractivity contribution in [1.82, 2.24) is 5.32 Å². The van der Waals surface area contributed by atoms with Crippen LogP contribution in [0.1, 0.15) is 6.92 Å². The van der Waals surface area contributed by atoms with Crippen molar-refractivity contribution in [3.05, 3.63) is 11.6 Å². The van der Waals surface area contributed by atoms with Crippen molar-refractivity contribution in [2.75, 3.05) is 12.3 Å². The van der Waals surface area contributed by atoms with Crippen molar-refractivity contribution in [2.24, 2.45) is 0 Å². The lowest BCUT2D eigenvalue weighted by Gasteiger charge is -2.02. The van der Waals surface area contributed by atoms with Gasteiger partial charge in [-0.05, 0) is 6.92 Å². The summed E-state index contributed by atoms with van der Waals surface area (Å²) in [5.41, 5.74) is 0. The first-order chi connectivity index (χ1) is 4.66. The predicted molar refractivity (Wildman–Crippen MR) is 53.7 cm³/mol. The summed E-state index contributed by atoms with van der Waals surface area (Å²) in [6.07, 6.45) is 0. The lowest BCUT2D eigenvalue weighted by molar-refractivity contribution is 0.995. The van der Waals surface area contributed by atoms with E-state index in [0.717, 1.165) is 10.9 Å². The number of thiocarbonyl (C=S) groups is 1. The Bertz CT molecular complexity index is 136. The van der Waals surface area contributed by atoms with Gasteiger partial charge in [-0.25, -0.2) is 0 Å². The third-order valence-corrected chi connectivity index (χ3v) is 2.37.